The van der Waals surface area contributed by atoms with Crippen molar-refractivity contribution >= 4 is 44.6 Å². The Labute approximate surface area is 291 Å². The molecule has 0 radical (unpaired) electrons. The largest absolute Gasteiger partial charge is 0.319 e. The van der Waals surface area contributed by atoms with Gasteiger partial charge in [0.05, 0.1) is 0 Å². The first-order valence-corrected chi connectivity index (χ1v) is 15.8. The molecule has 8 rings (SSSR count). The number of benzene rings is 5. The zero-order chi connectivity index (χ0) is 33.0. The predicted molar refractivity (Wildman–Crippen MR) is 187 cm³/mol. The van der Waals surface area contributed by atoms with E-state index in [0.717, 1.165) is 54.2 Å². The van der Waals surface area contributed by atoms with Gasteiger partial charge in [0.2, 0.25) is 0 Å². The first-order chi connectivity index (χ1) is 23.3. The summed E-state index contributed by atoms with van der Waals surface area (Å²) in [5.41, 5.74) is 7.88. The number of aryl methyl sites for hydroxylation is 1. The third-order valence-electron chi connectivity index (χ3n) is 8.29. The van der Waals surface area contributed by atoms with Crippen molar-refractivity contribution in [1.29, 1.82) is 0 Å². The molecule has 5 aromatic carbocycles. The van der Waals surface area contributed by atoms with Crippen molar-refractivity contribution in [2.24, 2.45) is 6.98 Å². The first kappa shape index (κ1) is 26.7. The summed E-state index contributed by atoms with van der Waals surface area (Å²) in [4.78, 5) is 6.71. The molecule has 0 bridgehead atoms. The Kier molecular flexibility index (Phi) is 7.21. The molecule has 0 spiro atoms. The van der Waals surface area contributed by atoms with Gasteiger partial charge in [-0.3, -0.25) is 0 Å². The van der Waals surface area contributed by atoms with E-state index < -0.39 is 6.98 Å². The van der Waals surface area contributed by atoms with Gasteiger partial charge >= 0.3 is 0 Å². The number of hydrogen-bond donors (Lipinski definition) is 0. The van der Waals surface area contributed by atoms with Gasteiger partial charge in [0.15, 0.2) is 17.4 Å². The van der Waals surface area contributed by atoms with Gasteiger partial charge in [-0.05, 0) is 58.3 Å². The van der Waals surface area contributed by atoms with Gasteiger partial charge in [0.1, 0.15) is 5.82 Å². The summed E-state index contributed by atoms with van der Waals surface area (Å²) in [5.74, 6) is 1.24. The second kappa shape index (κ2) is 12.4. The molecule has 3 aromatic heterocycles. The van der Waals surface area contributed by atoms with Crippen LogP contribution in [0.4, 0.5) is 0 Å². The van der Waals surface area contributed by atoms with E-state index in [1.165, 1.54) is 15.7 Å². The fourth-order valence-electron chi connectivity index (χ4n) is 6.20. The average Bonchev–Trinajstić information content (AvgIpc) is 3.65. The number of pyridine rings is 1. The second-order valence-electron chi connectivity index (χ2n) is 11.4. The van der Waals surface area contributed by atoms with Crippen molar-refractivity contribution in [3.05, 3.63) is 145 Å². The molecule has 6 heteroatoms. The molecule has 0 aliphatic heterocycles. The predicted octanol–water partition coefficient (Wildman–Crippen LogP) is 10.3. The van der Waals surface area contributed by atoms with Gasteiger partial charge in [-0.15, -0.1) is 34.2 Å². The van der Waals surface area contributed by atoms with E-state index in [0.29, 0.717) is 11.4 Å². The molecule has 4 nitrogen and oxygen atoms in total. The van der Waals surface area contributed by atoms with Crippen LogP contribution in [0.1, 0.15) is 29.4 Å². The molecular weight excluding hydrogens is 764 g/mol. The maximum atomic E-state index is 8.05. The second-order valence-corrected chi connectivity index (χ2v) is 12.5. The monoisotopic (exact) mass is 797 g/mol. The molecule has 0 amide bonds. The molecule has 0 aliphatic carbocycles. The van der Waals surface area contributed by atoms with Crippen molar-refractivity contribution in [2.45, 2.75) is 29.6 Å². The summed E-state index contributed by atoms with van der Waals surface area (Å²) < 4.78 is 29.6. The molecule has 3 heterocycles. The maximum Gasteiger partial charge on any atom is 0.188 e. The average molecular weight is 798 g/mol. The third-order valence-corrected chi connectivity index (χ3v) is 9.21. The van der Waals surface area contributed by atoms with Gasteiger partial charge in [0, 0.05) is 61.7 Å². The summed E-state index contributed by atoms with van der Waals surface area (Å²) >= 11 is 1.57. The van der Waals surface area contributed by atoms with Crippen molar-refractivity contribution < 1.29 is 25.2 Å². The zero-order valence-corrected chi connectivity index (χ0v) is 28.3. The van der Waals surface area contributed by atoms with E-state index in [9.17, 15) is 0 Å². The van der Waals surface area contributed by atoms with Crippen LogP contribution in [0.25, 0.3) is 55.5 Å². The SMILES string of the molecule is [2H]C([2H])([2H])n1[cH+]n(-c2[c-]c(Sc3[c-]c4c(cc3)c3ccccc3n4-c3cc(-c4ccccc4C(C)C)ccn3)ccc2)c2ccccc21.[Pt]. The van der Waals surface area contributed by atoms with Crippen molar-refractivity contribution in [3.63, 3.8) is 0 Å². The molecule has 228 valence electrons. The van der Waals surface area contributed by atoms with Crippen LogP contribution in [0, 0.1) is 12.1 Å². The molecule has 46 heavy (non-hydrogen) atoms. The summed E-state index contributed by atoms with van der Waals surface area (Å²) in [7, 11) is 0. The summed E-state index contributed by atoms with van der Waals surface area (Å²) in [6.07, 6.45) is 3.53. The van der Waals surface area contributed by atoms with Gasteiger partial charge in [-0.2, -0.15) is 24.3 Å². The third kappa shape index (κ3) is 5.28. The smallest absolute Gasteiger partial charge is 0.188 e. The Morgan fingerprint density at radius 3 is 2.37 bits per heavy atom. The van der Waals surface area contributed by atoms with Crippen LogP contribution in [0.3, 0.4) is 0 Å². The zero-order valence-electron chi connectivity index (χ0n) is 28.2. The number of nitrogens with zero attached hydrogens (tertiary/aromatic N) is 4. The van der Waals surface area contributed by atoms with Crippen molar-refractivity contribution in [3.8, 4) is 22.6 Å². The molecule has 0 atom stereocenters. The number of hydrogen-bond acceptors (Lipinski definition) is 2. The Bertz CT molecular complexity index is 2480. The van der Waals surface area contributed by atoms with Gasteiger partial charge in [-0.1, -0.05) is 72.8 Å². The van der Waals surface area contributed by atoms with Crippen LogP contribution in [0.2, 0.25) is 0 Å². The number of rotatable bonds is 6. The van der Waals surface area contributed by atoms with E-state index >= 15 is 0 Å². The summed E-state index contributed by atoms with van der Waals surface area (Å²) in [6.45, 7) is 2.15. The molecule has 0 N–H and O–H groups in total. The van der Waals surface area contributed by atoms with Gasteiger partial charge < -0.3 is 4.57 Å². The van der Waals surface area contributed by atoms with Gasteiger partial charge in [0.25, 0.3) is 0 Å². The minimum absolute atomic E-state index is 0. The number of imidazole rings is 1. The Hall–Kier alpha value is -4.44. The van der Waals surface area contributed by atoms with E-state index in [4.69, 9.17) is 9.10 Å². The molecular formula is C40H31N4PtS-. The molecule has 0 unspecified atom stereocenters. The number of aromatic nitrogens is 4. The fourth-order valence-corrected chi connectivity index (χ4v) is 7.02. The summed E-state index contributed by atoms with van der Waals surface area (Å²) in [6, 6.07) is 46.2. The van der Waals surface area contributed by atoms with E-state index in [1.54, 1.807) is 18.1 Å². The quantitative estimate of drug-likeness (QED) is 0.157. The molecule has 0 saturated carbocycles. The molecule has 0 saturated heterocycles. The van der Waals surface area contributed by atoms with Gasteiger partial charge in [-0.25, -0.2) is 14.1 Å². The topological polar surface area (TPSA) is 27.7 Å². The minimum atomic E-state index is -2.30. The van der Waals surface area contributed by atoms with Crippen molar-refractivity contribution in [2.75, 3.05) is 0 Å². The Balaban J connectivity index is 0.00000378. The number of para-hydroxylation sites is 3. The van der Waals surface area contributed by atoms with Crippen molar-refractivity contribution in [1.82, 2.24) is 18.7 Å². The summed E-state index contributed by atoms with van der Waals surface area (Å²) in [5, 5.41) is 2.25. The van der Waals surface area contributed by atoms with E-state index in [-0.39, 0.29) is 21.1 Å². The maximum absolute atomic E-state index is 8.05. The number of fused-ring (bicyclic) bond motifs is 4. The normalized spacial score (nSPS) is 12.7. The van der Waals surface area contributed by atoms with Crippen LogP contribution in [-0.4, -0.2) is 18.7 Å². The molecule has 8 aromatic rings. The van der Waals surface area contributed by atoms with Crippen LogP contribution in [-0.2, 0) is 28.0 Å². The standard InChI is InChI=1S/C40H31N4S.Pt/c1-27(2)32-13-4-5-14-33(32)28-21-22-41-40(23-28)44-36-16-7-6-15-34(36)35-20-19-31(25-39(35)44)45-30-12-10-11-29(24-30)43-26-42(3)37-17-8-9-18-38(37)43;/h4-23,26-27H,1-3H3;/q-1;/i3D3;. The van der Waals surface area contributed by atoms with Crippen LogP contribution < -0.4 is 0 Å². The molecule has 0 fully saturated rings. The Morgan fingerprint density at radius 1 is 0.761 bits per heavy atom. The van der Waals surface area contributed by atoms with E-state index in [1.807, 2.05) is 53.2 Å². The minimum Gasteiger partial charge on any atom is -0.319 e. The van der Waals surface area contributed by atoms with E-state index in [2.05, 4.69) is 103 Å². The fraction of sp³-hybridized carbons (Fsp3) is 0.100. The van der Waals surface area contributed by atoms with Crippen LogP contribution in [0.15, 0.2) is 138 Å². The van der Waals surface area contributed by atoms with Crippen LogP contribution >= 0.6 is 11.8 Å². The first-order valence-electron chi connectivity index (χ1n) is 16.5. The van der Waals surface area contributed by atoms with Crippen LogP contribution in [0.5, 0.6) is 0 Å². The Morgan fingerprint density at radius 2 is 1.52 bits per heavy atom. The molecule has 0 aliphatic rings.